The maximum atomic E-state index is 6.45. The Bertz CT molecular complexity index is 3000. The van der Waals surface area contributed by atoms with Crippen LogP contribution in [0.25, 0.3) is 70.0 Å². The molecule has 0 N–H and O–H groups in total. The second kappa shape index (κ2) is 10.5. The molecule has 4 heteroatoms. The van der Waals surface area contributed by atoms with Crippen LogP contribution in [-0.2, 0) is 5.41 Å². The highest BCUT2D eigenvalue weighted by Gasteiger charge is 2.39. The van der Waals surface area contributed by atoms with E-state index in [1.807, 2.05) is 11.3 Å². The van der Waals surface area contributed by atoms with E-state index in [1.165, 1.54) is 75.9 Å². The fourth-order valence-corrected chi connectivity index (χ4v) is 9.91. The maximum absolute atomic E-state index is 6.45. The zero-order chi connectivity index (χ0) is 33.8. The highest BCUT2D eigenvalue weighted by atomic mass is 32.1. The van der Waals surface area contributed by atoms with Gasteiger partial charge in [0, 0.05) is 48.4 Å². The monoisotopic (exact) mass is 672 g/mol. The molecular weight excluding hydrogens is 641 g/mol. The zero-order valence-electron chi connectivity index (χ0n) is 28.2. The molecule has 0 saturated heterocycles. The van der Waals surface area contributed by atoms with Gasteiger partial charge in [-0.2, -0.15) is 0 Å². The number of furan rings is 1. The molecule has 242 valence electrons. The van der Waals surface area contributed by atoms with Crippen LogP contribution in [0.4, 0.5) is 17.1 Å². The average molecular weight is 673 g/mol. The molecule has 0 fully saturated rings. The Labute approximate surface area is 299 Å². The molecule has 1 aliphatic rings. The summed E-state index contributed by atoms with van der Waals surface area (Å²) in [5, 5.41) is 6.27. The minimum atomic E-state index is -0.310. The quantitative estimate of drug-likeness (QED) is 0.186. The van der Waals surface area contributed by atoms with Crippen molar-refractivity contribution in [2.75, 3.05) is 4.90 Å². The van der Waals surface area contributed by atoms with Crippen molar-refractivity contribution in [3.05, 3.63) is 169 Å². The molecule has 51 heavy (non-hydrogen) atoms. The highest BCUT2D eigenvalue weighted by molar-refractivity contribution is 7.25. The summed E-state index contributed by atoms with van der Waals surface area (Å²) in [4.78, 5) is 3.72. The van der Waals surface area contributed by atoms with E-state index >= 15 is 0 Å². The van der Waals surface area contributed by atoms with E-state index in [1.54, 1.807) is 0 Å². The molecule has 0 amide bonds. The Morgan fingerprint density at radius 2 is 1.20 bits per heavy atom. The summed E-state index contributed by atoms with van der Waals surface area (Å²) in [6, 6.07) is 57.3. The van der Waals surface area contributed by atoms with Crippen LogP contribution in [0.5, 0.6) is 0 Å². The summed E-state index contributed by atoms with van der Waals surface area (Å²) in [5.41, 5.74) is 12.5. The first kappa shape index (κ1) is 28.7. The predicted molar refractivity (Wildman–Crippen MR) is 216 cm³/mol. The molecule has 0 atom stereocenters. The molecule has 10 aromatic rings. The van der Waals surface area contributed by atoms with Crippen LogP contribution in [0.3, 0.4) is 0 Å². The first-order valence-corrected chi connectivity index (χ1v) is 18.3. The predicted octanol–water partition coefficient (Wildman–Crippen LogP) is 13.7. The van der Waals surface area contributed by atoms with E-state index in [2.05, 4.69) is 181 Å². The third-order valence-electron chi connectivity index (χ3n) is 10.9. The van der Waals surface area contributed by atoms with Gasteiger partial charge >= 0.3 is 0 Å². The molecule has 0 bridgehead atoms. The van der Waals surface area contributed by atoms with Gasteiger partial charge in [0.15, 0.2) is 0 Å². The third kappa shape index (κ3) is 3.99. The van der Waals surface area contributed by atoms with Gasteiger partial charge in [-0.15, -0.1) is 11.3 Å². The molecular formula is C47H32N2OS. The molecule has 0 saturated carbocycles. The molecule has 3 aromatic heterocycles. The lowest BCUT2D eigenvalue weighted by molar-refractivity contribution is 0.634. The number of benzene rings is 7. The lowest BCUT2D eigenvalue weighted by atomic mass is 9.71. The van der Waals surface area contributed by atoms with Gasteiger partial charge in [-0.1, -0.05) is 98.8 Å². The van der Waals surface area contributed by atoms with Crippen molar-refractivity contribution in [2.24, 2.45) is 0 Å². The van der Waals surface area contributed by atoms with Crippen LogP contribution in [-0.4, -0.2) is 4.57 Å². The van der Waals surface area contributed by atoms with Gasteiger partial charge in [-0.3, -0.25) is 0 Å². The molecule has 0 unspecified atom stereocenters. The Morgan fingerprint density at radius 1 is 0.529 bits per heavy atom. The van der Waals surface area contributed by atoms with Crippen molar-refractivity contribution in [3.63, 3.8) is 0 Å². The Balaban J connectivity index is 1.17. The molecule has 7 aromatic carbocycles. The normalized spacial score (nSPS) is 13.8. The van der Waals surface area contributed by atoms with Gasteiger partial charge in [-0.25, -0.2) is 0 Å². The zero-order valence-corrected chi connectivity index (χ0v) is 29.0. The van der Waals surface area contributed by atoms with E-state index in [-0.39, 0.29) is 5.41 Å². The maximum Gasteiger partial charge on any atom is 0.135 e. The van der Waals surface area contributed by atoms with Gasteiger partial charge in [0.25, 0.3) is 0 Å². The van der Waals surface area contributed by atoms with E-state index in [4.69, 9.17) is 4.42 Å². The van der Waals surface area contributed by atoms with Crippen LogP contribution in [0, 0.1) is 0 Å². The SMILES string of the molecule is CC1(C)c2cc(-c3ccc4c(c3)c3c5ccccc5sc3n4-c3ccccc3)ccc2N(c2ccccc2)c2ccc3oc4ccccc4c3c21. The van der Waals surface area contributed by atoms with Crippen LogP contribution < -0.4 is 4.90 Å². The Kier molecular flexibility index (Phi) is 5.89. The summed E-state index contributed by atoms with van der Waals surface area (Å²) < 4.78 is 10.2. The largest absolute Gasteiger partial charge is 0.456 e. The second-order valence-electron chi connectivity index (χ2n) is 14.1. The third-order valence-corrected chi connectivity index (χ3v) is 12.1. The fraction of sp³-hybridized carbons (Fsp3) is 0.0638. The first-order valence-electron chi connectivity index (χ1n) is 17.5. The minimum Gasteiger partial charge on any atom is -0.456 e. The average Bonchev–Trinajstić information content (AvgIpc) is 3.84. The number of aromatic nitrogens is 1. The van der Waals surface area contributed by atoms with Crippen molar-refractivity contribution in [1.29, 1.82) is 0 Å². The number of rotatable bonds is 3. The van der Waals surface area contributed by atoms with Crippen LogP contribution in [0.15, 0.2) is 162 Å². The molecule has 11 rings (SSSR count). The van der Waals surface area contributed by atoms with E-state index < -0.39 is 0 Å². The van der Waals surface area contributed by atoms with Crippen molar-refractivity contribution >= 4 is 81.5 Å². The lowest BCUT2D eigenvalue weighted by Gasteiger charge is -2.42. The van der Waals surface area contributed by atoms with Crippen LogP contribution >= 0.6 is 11.3 Å². The number of hydrogen-bond donors (Lipinski definition) is 0. The van der Waals surface area contributed by atoms with Crippen LogP contribution in [0.2, 0.25) is 0 Å². The first-order chi connectivity index (χ1) is 25.1. The topological polar surface area (TPSA) is 21.3 Å². The summed E-state index contributed by atoms with van der Waals surface area (Å²) >= 11 is 1.87. The minimum absolute atomic E-state index is 0.310. The van der Waals surface area contributed by atoms with Crippen molar-refractivity contribution in [1.82, 2.24) is 4.57 Å². The van der Waals surface area contributed by atoms with Gasteiger partial charge in [0.1, 0.15) is 16.0 Å². The Hall–Kier alpha value is -6.10. The van der Waals surface area contributed by atoms with E-state index in [0.29, 0.717) is 0 Å². The van der Waals surface area contributed by atoms with Gasteiger partial charge in [-0.05, 0) is 95.1 Å². The smallest absolute Gasteiger partial charge is 0.135 e. The lowest BCUT2D eigenvalue weighted by Crippen LogP contribution is -2.31. The number of anilines is 3. The van der Waals surface area contributed by atoms with Gasteiger partial charge in [0.2, 0.25) is 0 Å². The van der Waals surface area contributed by atoms with E-state index in [9.17, 15) is 0 Å². The van der Waals surface area contributed by atoms with E-state index in [0.717, 1.165) is 22.2 Å². The van der Waals surface area contributed by atoms with Crippen molar-refractivity contribution in [3.8, 4) is 16.8 Å². The molecule has 3 nitrogen and oxygen atoms in total. The number of para-hydroxylation sites is 3. The number of thiophene rings is 1. The number of hydrogen-bond acceptors (Lipinski definition) is 3. The van der Waals surface area contributed by atoms with Crippen molar-refractivity contribution in [2.45, 2.75) is 19.3 Å². The number of fused-ring (bicyclic) bond motifs is 11. The second-order valence-corrected chi connectivity index (χ2v) is 15.2. The molecule has 4 heterocycles. The Morgan fingerprint density at radius 3 is 2.02 bits per heavy atom. The van der Waals surface area contributed by atoms with Gasteiger partial charge < -0.3 is 13.9 Å². The molecule has 0 spiro atoms. The van der Waals surface area contributed by atoms with Crippen molar-refractivity contribution < 1.29 is 4.42 Å². The summed E-state index contributed by atoms with van der Waals surface area (Å²) in [5.74, 6) is 0. The standard InChI is InChI=1S/C47H32N2OS/c1-47(2)36-28-30(29-21-23-37-35(27-29)43-34-18-10-12-20-42(34)51-46(43)49(37)32-15-7-4-8-16-32)22-24-38(36)48(31-13-5-3-6-14-31)39-25-26-41-44(45(39)47)33-17-9-11-19-40(33)50-41/h3-28H,1-2H3. The van der Waals surface area contributed by atoms with Crippen LogP contribution in [0.1, 0.15) is 25.0 Å². The molecule has 0 radical (unpaired) electrons. The highest BCUT2D eigenvalue weighted by Crippen LogP contribution is 2.56. The summed E-state index contributed by atoms with van der Waals surface area (Å²) in [7, 11) is 0. The summed E-state index contributed by atoms with van der Waals surface area (Å²) in [6.07, 6.45) is 0. The fourth-order valence-electron chi connectivity index (χ4n) is 8.66. The van der Waals surface area contributed by atoms with Gasteiger partial charge in [0.05, 0.1) is 16.9 Å². The summed E-state index contributed by atoms with van der Waals surface area (Å²) in [6.45, 7) is 4.75. The molecule has 0 aliphatic carbocycles. The number of nitrogens with zero attached hydrogens (tertiary/aromatic N) is 2. The molecule has 1 aliphatic heterocycles.